The van der Waals surface area contributed by atoms with Crippen molar-refractivity contribution in [2.75, 3.05) is 26.2 Å². The molecule has 2 rings (SSSR count). The fourth-order valence-corrected chi connectivity index (χ4v) is 3.48. The van der Waals surface area contributed by atoms with Gasteiger partial charge in [-0.2, -0.15) is 0 Å². The summed E-state index contributed by atoms with van der Waals surface area (Å²) >= 11 is 0. The molecule has 3 amide bonds. The van der Waals surface area contributed by atoms with E-state index in [9.17, 15) is 14.4 Å². The van der Waals surface area contributed by atoms with E-state index in [0.29, 0.717) is 31.7 Å². The number of aryl methyl sites for hydroxylation is 1. The number of hydrogen-bond acceptors (Lipinski definition) is 5. The lowest BCUT2D eigenvalue weighted by atomic mass is 10.0. The topological polar surface area (TPSA) is 97.0 Å². The zero-order chi connectivity index (χ0) is 23.6. The molecule has 0 saturated carbocycles. The van der Waals surface area contributed by atoms with E-state index in [2.05, 4.69) is 17.6 Å². The van der Waals surface area contributed by atoms with Gasteiger partial charge < -0.3 is 25.0 Å². The Kier molecular flexibility index (Phi) is 9.81. The second-order valence-electron chi connectivity index (χ2n) is 9.08. The van der Waals surface area contributed by atoms with E-state index in [0.717, 1.165) is 12.8 Å². The van der Waals surface area contributed by atoms with Crippen LogP contribution in [0, 0.1) is 0 Å². The Balaban J connectivity index is 1.62. The normalized spacial score (nSPS) is 14.6. The van der Waals surface area contributed by atoms with Gasteiger partial charge in [0.15, 0.2) is 6.61 Å². The standard InChI is InChI=1S/C24H37N3O5/c1-5-6-18-7-9-20(10-8-18)31-17-21(28)26-19-12-15-27(16-13-19)22(29)11-14-25-23(30)32-24(2,3)4/h7-10,19H,5-6,11-17H2,1-4H3,(H,25,30)(H,26,28). The van der Waals surface area contributed by atoms with Crippen LogP contribution >= 0.6 is 0 Å². The van der Waals surface area contributed by atoms with Gasteiger partial charge in [0.05, 0.1) is 0 Å². The van der Waals surface area contributed by atoms with Gasteiger partial charge in [-0.15, -0.1) is 0 Å². The van der Waals surface area contributed by atoms with E-state index in [4.69, 9.17) is 9.47 Å². The van der Waals surface area contributed by atoms with Crippen LogP contribution in [0.5, 0.6) is 5.75 Å². The Morgan fingerprint density at radius 2 is 1.75 bits per heavy atom. The molecule has 178 valence electrons. The number of alkyl carbamates (subject to hydrolysis) is 1. The molecule has 8 heteroatoms. The summed E-state index contributed by atoms with van der Waals surface area (Å²) in [5.74, 6) is 0.509. The Hall–Kier alpha value is -2.77. The van der Waals surface area contributed by atoms with E-state index in [1.165, 1.54) is 5.56 Å². The number of amides is 3. The molecule has 1 heterocycles. The third-order valence-electron chi connectivity index (χ3n) is 5.05. The summed E-state index contributed by atoms with van der Waals surface area (Å²) in [5, 5.41) is 5.59. The third-order valence-corrected chi connectivity index (χ3v) is 5.05. The fraction of sp³-hybridized carbons (Fsp3) is 0.625. The molecule has 0 bridgehead atoms. The fourth-order valence-electron chi connectivity index (χ4n) is 3.48. The van der Waals surface area contributed by atoms with Crippen LogP contribution in [0.15, 0.2) is 24.3 Å². The molecule has 1 aromatic carbocycles. The van der Waals surface area contributed by atoms with Crippen molar-refractivity contribution >= 4 is 17.9 Å². The zero-order valence-electron chi connectivity index (χ0n) is 19.7. The maximum Gasteiger partial charge on any atom is 0.407 e. The monoisotopic (exact) mass is 447 g/mol. The van der Waals surface area contributed by atoms with E-state index in [1.54, 1.807) is 25.7 Å². The highest BCUT2D eigenvalue weighted by atomic mass is 16.6. The van der Waals surface area contributed by atoms with Gasteiger partial charge >= 0.3 is 6.09 Å². The Bertz CT molecular complexity index is 750. The maximum absolute atomic E-state index is 12.3. The SMILES string of the molecule is CCCc1ccc(OCC(=O)NC2CCN(C(=O)CCNC(=O)OC(C)(C)C)CC2)cc1. The smallest absolute Gasteiger partial charge is 0.407 e. The minimum atomic E-state index is -0.565. The van der Waals surface area contributed by atoms with E-state index < -0.39 is 11.7 Å². The van der Waals surface area contributed by atoms with Crippen LogP contribution in [-0.2, 0) is 20.7 Å². The molecule has 1 aliphatic rings. The minimum Gasteiger partial charge on any atom is -0.484 e. The number of ether oxygens (including phenoxy) is 2. The van der Waals surface area contributed by atoms with Gasteiger partial charge in [0.2, 0.25) is 5.91 Å². The molecule has 0 aromatic heterocycles. The molecule has 1 saturated heterocycles. The van der Waals surface area contributed by atoms with Gasteiger partial charge in [-0.05, 0) is 57.7 Å². The van der Waals surface area contributed by atoms with Crippen molar-refractivity contribution in [1.82, 2.24) is 15.5 Å². The highest BCUT2D eigenvalue weighted by Crippen LogP contribution is 2.14. The van der Waals surface area contributed by atoms with Gasteiger partial charge in [0.25, 0.3) is 5.91 Å². The van der Waals surface area contributed by atoms with Gasteiger partial charge in [-0.3, -0.25) is 9.59 Å². The number of benzene rings is 1. The largest absolute Gasteiger partial charge is 0.484 e. The molecule has 0 aliphatic carbocycles. The number of nitrogens with zero attached hydrogens (tertiary/aromatic N) is 1. The number of hydrogen-bond donors (Lipinski definition) is 2. The first-order valence-electron chi connectivity index (χ1n) is 11.4. The molecular formula is C24H37N3O5. The highest BCUT2D eigenvalue weighted by Gasteiger charge is 2.24. The average Bonchev–Trinajstić information content (AvgIpc) is 2.72. The summed E-state index contributed by atoms with van der Waals surface area (Å²) in [7, 11) is 0. The molecule has 0 radical (unpaired) electrons. The van der Waals surface area contributed by atoms with Crippen LogP contribution in [0.1, 0.15) is 58.9 Å². The Morgan fingerprint density at radius 1 is 1.09 bits per heavy atom. The number of nitrogens with one attached hydrogen (secondary N) is 2. The Labute approximate surface area is 191 Å². The van der Waals surface area contributed by atoms with Crippen LogP contribution in [0.4, 0.5) is 4.79 Å². The summed E-state index contributed by atoms with van der Waals surface area (Å²) in [6, 6.07) is 7.85. The molecular weight excluding hydrogens is 410 g/mol. The molecule has 0 unspecified atom stereocenters. The number of carbonyl (C=O) groups excluding carboxylic acids is 3. The van der Waals surface area contributed by atoms with Gasteiger partial charge in [0.1, 0.15) is 11.4 Å². The number of likely N-dealkylation sites (tertiary alicyclic amines) is 1. The number of rotatable bonds is 9. The van der Waals surface area contributed by atoms with Gasteiger partial charge in [-0.1, -0.05) is 25.5 Å². The maximum atomic E-state index is 12.3. The van der Waals surface area contributed by atoms with Crippen LogP contribution in [0.3, 0.4) is 0 Å². The second-order valence-corrected chi connectivity index (χ2v) is 9.08. The average molecular weight is 448 g/mol. The molecule has 0 atom stereocenters. The molecule has 0 spiro atoms. The van der Waals surface area contributed by atoms with Crippen molar-refractivity contribution in [2.24, 2.45) is 0 Å². The van der Waals surface area contributed by atoms with Gasteiger partial charge in [0, 0.05) is 32.1 Å². The summed E-state index contributed by atoms with van der Waals surface area (Å²) in [6.07, 6.45) is 3.22. The van der Waals surface area contributed by atoms with E-state index in [-0.39, 0.29) is 37.4 Å². The molecule has 1 aromatic rings. The van der Waals surface area contributed by atoms with Crippen LogP contribution < -0.4 is 15.4 Å². The summed E-state index contributed by atoms with van der Waals surface area (Å²) in [5.41, 5.74) is 0.691. The number of piperidine rings is 1. The summed E-state index contributed by atoms with van der Waals surface area (Å²) in [6.45, 7) is 8.88. The van der Waals surface area contributed by atoms with Crippen molar-refractivity contribution in [3.63, 3.8) is 0 Å². The van der Waals surface area contributed by atoms with Crippen LogP contribution in [-0.4, -0.2) is 60.7 Å². The lowest BCUT2D eigenvalue weighted by molar-refractivity contribution is -0.132. The molecule has 8 nitrogen and oxygen atoms in total. The van der Waals surface area contributed by atoms with Crippen molar-refractivity contribution in [1.29, 1.82) is 0 Å². The van der Waals surface area contributed by atoms with Crippen molar-refractivity contribution < 1.29 is 23.9 Å². The first-order valence-corrected chi connectivity index (χ1v) is 11.4. The van der Waals surface area contributed by atoms with Gasteiger partial charge in [-0.25, -0.2) is 4.79 Å². The first-order chi connectivity index (χ1) is 15.2. The lowest BCUT2D eigenvalue weighted by Crippen LogP contribution is -2.48. The van der Waals surface area contributed by atoms with E-state index in [1.807, 2.05) is 24.3 Å². The molecule has 32 heavy (non-hydrogen) atoms. The Morgan fingerprint density at radius 3 is 2.34 bits per heavy atom. The van der Waals surface area contributed by atoms with Crippen molar-refractivity contribution in [3.05, 3.63) is 29.8 Å². The van der Waals surface area contributed by atoms with E-state index >= 15 is 0 Å². The molecule has 1 fully saturated rings. The third kappa shape index (κ3) is 9.58. The molecule has 2 N–H and O–H groups in total. The van der Waals surface area contributed by atoms with Crippen LogP contribution in [0.2, 0.25) is 0 Å². The molecule has 1 aliphatic heterocycles. The van der Waals surface area contributed by atoms with Crippen LogP contribution in [0.25, 0.3) is 0 Å². The highest BCUT2D eigenvalue weighted by molar-refractivity contribution is 5.78. The quantitative estimate of drug-likeness (QED) is 0.607. The zero-order valence-corrected chi connectivity index (χ0v) is 19.7. The summed E-state index contributed by atoms with van der Waals surface area (Å²) < 4.78 is 10.7. The lowest BCUT2D eigenvalue weighted by Gasteiger charge is -2.32. The van der Waals surface area contributed by atoms with Crippen molar-refractivity contribution in [2.45, 2.75) is 71.4 Å². The minimum absolute atomic E-state index is 0.0133. The van der Waals surface area contributed by atoms with Crippen molar-refractivity contribution in [3.8, 4) is 5.75 Å². The summed E-state index contributed by atoms with van der Waals surface area (Å²) in [4.78, 5) is 38.0. The second kappa shape index (κ2) is 12.3. The first kappa shape index (κ1) is 25.5. The predicted octanol–water partition coefficient (Wildman–Crippen LogP) is 3.04. The predicted molar refractivity (Wildman–Crippen MR) is 123 cm³/mol. The number of carbonyl (C=O) groups is 3.